The molecule has 37 heavy (non-hydrogen) atoms. The number of halogens is 3. The van der Waals surface area contributed by atoms with Gasteiger partial charge in [0.1, 0.15) is 11.9 Å². The third-order valence-electron chi connectivity index (χ3n) is 7.12. The van der Waals surface area contributed by atoms with Crippen LogP contribution in [0.4, 0.5) is 19.0 Å². The first-order valence-corrected chi connectivity index (χ1v) is 12.4. The smallest absolute Gasteiger partial charge is 0.383 e. The summed E-state index contributed by atoms with van der Waals surface area (Å²) in [5.41, 5.74) is 12.6. The maximum absolute atomic E-state index is 13.5. The molecule has 200 valence electrons. The molecule has 1 aromatic carbocycles. The van der Waals surface area contributed by atoms with Crippen LogP contribution in [0.1, 0.15) is 37.7 Å². The topological polar surface area (TPSA) is 135 Å². The zero-order valence-corrected chi connectivity index (χ0v) is 20.3. The van der Waals surface area contributed by atoms with E-state index in [1.807, 2.05) is 0 Å². The first-order valence-electron chi connectivity index (χ1n) is 12.4. The predicted molar refractivity (Wildman–Crippen MR) is 131 cm³/mol. The maximum atomic E-state index is 13.5. The van der Waals surface area contributed by atoms with Crippen molar-refractivity contribution < 1.29 is 27.6 Å². The van der Waals surface area contributed by atoms with Gasteiger partial charge in [0.25, 0.3) is 0 Å². The van der Waals surface area contributed by atoms with Crippen LogP contribution in [-0.4, -0.2) is 70.4 Å². The minimum Gasteiger partial charge on any atom is -0.383 e. The average Bonchev–Trinajstić information content (AvgIpc) is 3.56. The summed E-state index contributed by atoms with van der Waals surface area (Å²) in [6, 6.07) is 4.58. The molecule has 5 N–H and O–H groups in total. The highest BCUT2D eigenvalue weighted by molar-refractivity contribution is 5.92. The number of amides is 3. The van der Waals surface area contributed by atoms with E-state index in [2.05, 4.69) is 10.3 Å². The quantitative estimate of drug-likeness (QED) is 0.511. The third kappa shape index (κ3) is 6.12. The Balaban J connectivity index is 1.41. The maximum Gasteiger partial charge on any atom is 0.393 e. The van der Waals surface area contributed by atoms with E-state index in [9.17, 15) is 27.6 Å². The van der Waals surface area contributed by atoms with Gasteiger partial charge in [0.15, 0.2) is 0 Å². The van der Waals surface area contributed by atoms with Gasteiger partial charge in [-0.15, -0.1) is 0 Å². The Morgan fingerprint density at radius 2 is 1.89 bits per heavy atom. The fraction of sp³-hybridized carbons (Fsp3) is 0.520. The molecule has 2 aliphatic rings. The van der Waals surface area contributed by atoms with E-state index < -0.39 is 49.0 Å². The summed E-state index contributed by atoms with van der Waals surface area (Å²) in [5.74, 6) is -3.03. The summed E-state index contributed by atoms with van der Waals surface area (Å²) in [6.45, 7) is 0.731. The van der Waals surface area contributed by atoms with E-state index in [1.165, 1.54) is 0 Å². The van der Waals surface area contributed by atoms with E-state index in [1.54, 1.807) is 35.4 Å². The number of alkyl halides is 3. The normalized spacial score (nSPS) is 20.9. The van der Waals surface area contributed by atoms with Crippen molar-refractivity contribution in [2.45, 2.75) is 56.9 Å². The lowest BCUT2D eigenvalue weighted by Gasteiger charge is -2.27. The Bertz CT molecular complexity index is 1170. The van der Waals surface area contributed by atoms with Crippen molar-refractivity contribution >= 4 is 34.3 Å². The lowest BCUT2D eigenvalue weighted by Crippen LogP contribution is -2.51. The number of aromatic nitrogens is 1. The van der Waals surface area contributed by atoms with Gasteiger partial charge in [-0.2, -0.15) is 13.2 Å². The van der Waals surface area contributed by atoms with Crippen LogP contribution in [0.15, 0.2) is 30.5 Å². The minimum absolute atomic E-state index is 0.00473. The number of carbonyl (C=O) groups is 3. The summed E-state index contributed by atoms with van der Waals surface area (Å²) in [4.78, 5) is 44.9. The van der Waals surface area contributed by atoms with Crippen molar-refractivity contribution in [3.63, 3.8) is 0 Å². The number of nitrogens with two attached hydrogens (primary N) is 2. The number of carbonyl (C=O) groups excluding carboxylic acids is 3. The molecule has 2 aliphatic heterocycles. The van der Waals surface area contributed by atoms with E-state index >= 15 is 0 Å². The van der Waals surface area contributed by atoms with Gasteiger partial charge in [-0.3, -0.25) is 14.4 Å². The third-order valence-corrected chi connectivity index (χ3v) is 7.12. The molecular weight excluding hydrogens is 489 g/mol. The molecule has 1 aromatic heterocycles. The molecule has 12 heteroatoms. The summed E-state index contributed by atoms with van der Waals surface area (Å²) in [6.07, 6.45) is -1.67. The van der Waals surface area contributed by atoms with Gasteiger partial charge in [-0.25, -0.2) is 4.98 Å². The number of hydrogen-bond donors (Lipinski definition) is 3. The van der Waals surface area contributed by atoms with Crippen LogP contribution in [-0.2, 0) is 20.9 Å². The molecule has 0 saturated carbocycles. The molecule has 0 radical (unpaired) electrons. The first kappa shape index (κ1) is 26.6. The lowest BCUT2D eigenvalue weighted by atomic mass is 10.0. The van der Waals surface area contributed by atoms with E-state index in [4.69, 9.17) is 11.5 Å². The highest BCUT2D eigenvalue weighted by atomic mass is 19.4. The Labute approximate surface area is 212 Å². The molecule has 3 unspecified atom stereocenters. The number of fused-ring (bicyclic) bond motifs is 1. The molecular formula is C25H31F3N6O3. The molecule has 0 spiro atoms. The van der Waals surface area contributed by atoms with E-state index in [0.29, 0.717) is 24.5 Å². The lowest BCUT2D eigenvalue weighted by molar-refractivity contribution is -0.171. The Kier molecular flexibility index (Phi) is 7.86. The fourth-order valence-electron chi connectivity index (χ4n) is 4.97. The van der Waals surface area contributed by atoms with Gasteiger partial charge < -0.3 is 26.6 Å². The number of benzene rings is 1. The summed E-state index contributed by atoms with van der Waals surface area (Å²) in [7, 11) is 0. The largest absolute Gasteiger partial charge is 0.393 e. The van der Waals surface area contributed by atoms with Crippen LogP contribution in [0.3, 0.4) is 0 Å². The highest BCUT2D eigenvalue weighted by Crippen LogP contribution is 2.37. The zero-order valence-electron chi connectivity index (χ0n) is 20.3. The molecule has 2 aromatic rings. The second kappa shape index (κ2) is 10.9. The van der Waals surface area contributed by atoms with Crippen LogP contribution in [0, 0.1) is 5.92 Å². The van der Waals surface area contributed by atoms with Crippen molar-refractivity contribution in [2.75, 3.05) is 25.4 Å². The van der Waals surface area contributed by atoms with Gasteiger partial charge in [-0.05, 0) is 48.8 Å². The summed E-state index contributed by atoms with van der Waals surface area (Å²) >= 11 is 0. The summed E-state index contributed by atoms with van der Waals surface area (Å²) < 4.78 is 40.6. The zero-order chi connectivity index (χ0) is 26.7. The molecule has 2 saturated heterocycles. The standard InChI is InChI=1S/C25H31F3N6O3/c26-25(27,28)17-12-20(23(36)32-13-15-3-4-18-16(11-15)7-8-31-22(18)30)34(14-17)24(37)19(29)5-6-21(35)33-9-1-2-10-33/h3-4,7-8,11,17,19-20H,1-2,5-6,9-10,12-14,29H2,(H2,30,31)(H,32,36). The minimum atomic E-state index is -4.56. The average molecular weight is 521 g/mol. The molecule has 4 rings (SSSR count). The number of anilines is 1. The molecule has 0 aliphatic carbocycles. The van der Waals surface area contributed by atoms with E-state index in [0.717, 1.165) is 28.5 Å². The molecule has 3 amide bonds. The Morgan fingerprint density at radius 1 is 1.16 bits per heavy atom. The monoisotopic (exact) mass is 520 g/mol. The van der Waals surface area contributed by atoms with Gasteiger partial charge >= 0.3 is 6.18 Å². The van der Waals surface area contributed by atoms with E-state index in [-0.39, 0.29) is 25.3 Å². The van der Waals surface area contributed by atoms with Crippen LogP contribution in [0.2, 0.25) is 0 Å². The van der Waals surface area contributed by atoms with Gasteiger partial charge in [-0.1, -0.05) is 12.1 Å². The first-order chi connectivity index (χ1) is 17.5. The van der Waals surface area contributed by atoms with Crippen LogP contribution in [0.5, 0.6) is 0 Å². The number of pyridine rings is 1. The second-order valence-electron chi connectivity index (χ2n) is 9.68. The fourth-order valence-corrected chi connectivity index (χ4v) is 4.97. The van der Waals surface area contributed by atoms with Crippen LogP contribution in [0.25, 0.3) is 10.8 Å². The molecule has 0 bridgehead atoms. The number of likely N-dealkylation sites (tertiary alicyclic amines) is 2. The van der Waals surface area contributed by atoms with Gasteiger partial charge in [0.05, 0.1) is 12.0 Å². The van der Waals surface area contributed by atoms with Crippen molar-refractivity contribution in [2.24, 2.45) is 11.7 Å². The van der Waals surface area contributed by atoms with Gasteiger partial charge in [0.2, 0.25) is 17.7 Å². The molecule has 3 atom stereocenters. The van der Waals surface area contributed by atoms with Crippen molar-refractivity contribution in [1.29, 1.82) is 0 Å². The summed E-state index contributed by atoms with van der Waals surface area (Å²) in [5, 5.41) is 4.21. The molecule has 2 fully saturated rings. The van der Waals surface area contributed by atoms with Crippen LogP contribution < -0.4 is 16.8 Å². The van der Waals surface area contributed by atoms with Crippen molar-refractivity contribution in [1.82, 2.24) is 20.1 Å². The SMILES string of the molecule is Nc1nccc2cc(CNC(=O)C3CC(C(F)(F)F)CN3C(=O)C(N)CCC(=O)N3CCCC3)ccc12. The molecule has 9 nitrogen and oxygen atoms in total. The number of rotatable bonds is 7. The van der Waals surface area contributed by atoms with Crippen molar-refractivity contribution in [3.8, 4) is 0 Å². The van der Waals surface area contributed by atoms with Crippen molar-refractivity contribution in [3.05, 3.63) is 36.0 Å². The van der Waals surface area contributed by atoms with Crippen LogP contribution >= 0.6 is 0 Å². The number of nitrogens with one attached hydrogen (secondary N) is 1. The Morgan fingerprint density at radius 3 is 2.59 bits per heavy atom. The molecule has 3 heterocycles. The van der Waals surface area contributed by atoms with Gasteiger partial charge in [0, 0.05) is 44.2 Å². The second-order valence-corrected chi connectivity index (χ2v) is 9.68. The number of nitrogen functional groups attached to an aromatic ring is 1. The number of nitrogens with zero attached hydrogens (tertiary/aromatic N) is 3. The Hall–Kier alpha value is -3.41. The predicted octanol–water partition coefficient (Wildman–Crippen LogP) is 1.94. The highest BCUT2D eigenvalue weighted by Gasteiger charge is 2.51. The number of hydrogen-bond acceptors (Lipinski definition) is 6.